The highest BCUT2D eigenvalue weighted by Crippen LogP contribution is 2.08. The molecule has 0 amide bonds. The molecule has 0 unspecified atom stereocenters. The number of hydrogen-bond acceptors (Lipinski definition) is 2. The molecular formula is C12H14N2O. The Morgan fingerprint density at radius 3 is 2.67 bits per heavy atom. The second-order valence-corrected chi connectivity index (χ2v) is 3.28. The van der Waals surface area contributed by atoms with Gasteiger partial charge in [-0.1, -0.05) is 30.3 Å². The third kappa shape index (κ3) is 2.59. The molecule has 0 saturated heterocycles. The van der Waals surface area contributed by atoms with Crippen molar-refractivity contribution in [2.75, 3.05) is 0 Å². The van der Waals surface area contributed by atoms with Crippen molar-refractivity contribution in [3.05, 3.63) is 48.2 Å². The lowest BCUT2D eigenvalue weighted by Crippen LogP contribution is -1.98. The van der Waals surface area contributed by atoms with Crippen LogP contribution in [0.2, 0.25) is 0 Å². The average molecular weight is 202 g/mol. The van der Waals surface area contributed by atoms with Gasteiger partial charge in [-0.05, 0) is 12.5 Å². The minimum atomic E-state index is 0.571. The van der Waals surface area contributed by atoms with E-state index < -0.39 is 0 Å². The summed E-state index contributed by atoms with van der Waals surface area (Å²) in [7, 11) is 0. The van der Waals surface area contributed by atoms with Crippen LogP contribution < -0.4 is 4.74 Å². The summed E-state index contributed by atoms with van der Waals surface area (Å²) in [4.78, 5) is 0. The summed E-state index contributed by atoms with van der Waals surface area (Å²) in [6, 6.07) is 12.0. The maximum atomic E-state index is 5.54. The predicted octanol–water partition coefficient (Wildman–Crippen LogP) is 2.48. The maximum absolute atomic E-state index is 5.54. The van der Waals surface area contributed by atoms with Gasteiger partial charge in [-0.3, -0.25) is 4.68 Å². The summed E-state index contributed by atoms with van der Waals surface area (Å²) in [5.74, 6) is 0.681. The van der Waals surface area contributed by atoms with Gasteiger partial charge in [0.2, 0.25) is 5.88 Å². The van der Waals surface area contributed by atoms with Crippen LogP contribution in [-0.4, -0.2) is 9.78 Å². The van der Waals surface area contributed by atoms with Gasteiger partial charge < -0.3 is 4.74 Å². The molecule has 2 aromatic rings. The normalized spacial score (nSPS) is 10.2. The molecule has 0 aliphatic rings. The van der Waals surface area contributed by atoms with Crippen molar-refractivity contribution in [2.24, 2.45) is 0 Å². The lowest BCUT2D eigenvalue weighted by Gasteiger charge is -2.02. The van der Waals surface area contributed by atoms with E-state index in [0.29, 0.717) is 12.5 Å². The van der Waals surface area contributed by atoms with Gasteiger partial charge >= 0.3 is 0 Å². The molecule has 3 heteroatoms. The van der Waals surface area contributed by atoms with Crippen LogP contribution in [0.3, 0.4) is 0 Å². The molecule has 15 heavy (non-hydrogen) atoms. The zero-order valence-corrected chi connectivity index (χ0v) is 8.76. The van der Waals surface area contributed by atoms with Crippen LogP contribution in [0.4, 0.5) is 0 Å². The smallest absolute Gasteiger partial charge is 0.233 e. The van der Waals surface area contributed by atoms with E-state index in [1.807, 2.05) is 54.2 Å². The molecule has 0 aliphatic carbocycles. The first kappa shape index (κ1) is 9.77. The fraction of sp³-hybridized carbons (Fsp3) is 0.250. The van der Waals surface area contributed by atoms with Crippen LogP contribution in [0, 0.1) is 0 Å². The standard InChI is InChI=1S/C12H14N2O/c1-2-14-9-8-12(13-14)15-10-11-6-4-3-5-7-11/h3-9H,2,10H2,1H3. The Balaban J connectivity index is 1.93. The highest BCUT2D eigenvalue weighted by atomic mass is 16.5. The summed E-state index contributed by atoms with van der Waals surface area (Å²) in [5.41, 5.74) is 1.16. The van der Waals surface area contributed by atoms with Crippen molar-refractivity contribution < 1.29 is 4.74 Å². The Labute approximate surface area is 89.3 Å². The molecule has 0 N–H and O–H groups in total. The molecule has 1 aromatic heterocycles. The monoisotopic (exact) mass is 202 g/mol. The third-order valence-corrected chi connectivity index (χ3v) is 2.17. The first-order chi connectivity index (χ1) is 7.38. The summed E-state index contributed by atoms with van der Waals surface area (Å²) >= 11 is 0. The molecule has 0 saturated carbocycles. The van der Waals surface area contributed by atoms with E-state index >= 15 is 0 Å². The van der Waals surface area contributed by atoms with E-state index in [1.165, 1.54) is 0 Å². The predicted molar refractivity (Wildman–Crippen MR) is 58.7 cm³/mol. The number of aryl methyl sites for hydroxylation is 1. The van der Waals surface area contributed by atoms with Gasteiger partial charge in [0.25, 0.3) is 0 Å². The van der Waals surface area contributed by atoms with Crippen LogP contribution in [0.15, 0.2) is 42.6 Å². The SMILES string of the molecule is CCn1ccc(OCc2ccccc2)n1. The van der Waals surface area contributed by atoms with Crippen LogP contribution in [0.5, 0.6) is 5.88 Å². The summed E-state index contributed by atoms with van der Waals surface area (Å²) < 4.78 is 7.39. The molecule has 0 aliphatic heterocycles. The number of aromatic nitrogens is 2. The van der Waals surface area contributed by atoms with Crippen LogP contribution in [0.25, 0.3) is 0 Å². The summed E-state index contributed by atoms with van der Waals surface area (Å²) in [6.07, 6.45) is 1.92. The van der Waals surface area contributed by atoms with E-state index in [9.17, 15) is 0 Å². The molecule has 3 nitrogen and oxygen atoms in total. The molecule has 0 radical (unpaired) electrons. The number of rotatable bonds is 4. The van der Waals surface area contributed by atoms with Crippen molar-refractivity contribution in [3.8, 4) is 5.88 Å². The van der Waals surface area contributed by atoms with E-state index in [0.717, 1.165) is 12.1 Å². The highest BCUT2D eigenvalue weighted by molar-refractivity contribution is 5.15. The molecular weight excluding hydrogens is 188 g/mol. The lowest BCUT2D eigenvalue weighted by molar-refractivity contribution is 0.290. The Kier molecular flexibility index (Phi) is 3.02. The van der Waals surface area contributed by atoms with Gasteiger partial charge in [0.1, 0.15) is 6.61 Å². The Morgan fingerprint density at radius 1 is 1.20 bits per heavy atom. The van der Waals surface area contributed by atoms with Crippen molar-refractivity contribution >= 4 is 0 Å². The van der Waals surface area contributed by atoms with Gasteiger partial charge in [0.15, 0.2) is 0 Å². The molecule has 1 aromatic carbocycles. The Hall–Kier alpha value is -1.77. The van der Waals surface area contributed by atoms with E-state index in [1.54, 1.807) is 0 Å². The first-order valence-corrected chi connectivity index (χ1v) is 5.08. The van der Waals surface area contributed by atoms with Crippen LogP contribution in [0.1, 0.15) is 12.5 Å². The van der Waals surface area contributed by atoms with Gasteiger partial charge in [0.05, 0.1) is 0 Å². The van der Waals surface area contributed by atoms with E-state index in [2.05, 4.69) is 5.10 Å². The molecule has 0 bridgehead atoms. The maximum Gasteiger partial charge on any atom is 0.233 e. The quantitative estimate of drug-likeness (QED) is 0.761. The minimum Gasteiger partial charge on any atom is -0.472 e. The lowest BCUT2D eigenvalue weighted by atomic mass is 10.2. The second kappa shape index (κ2) is 4.64. The van der Waals surface area contributed by atoms with Crippen molar-refractivity contribution in [1.29, 1.82) is 0 Å². The van der Waals surface area contributed by atoms with Gasteiger partial charge in [-0.15, -0.1) is 5.10 Å². The third-order valence-electron chi connectivity index (χ3n) is 2.17. The summed E-state index contributed by atoms with van der Waals surface area (Å²) in [5, 5.41) is 4.24. The van der Waals surface area contributed by atoms with Gasteiger partial charge in [-0.25, -0.2) is 0 Å². The second-order valence-electron chi connectivity index (χ2n) is 3.28. The Morgan fingerprint density at radius 2 is 2.00 bits per heavy atom. The topological polar surface area (TPSA) is 27.1 Å². The highest BCUT2D eigenvalue weighted by Gasteiger charge is 1.98. The zero-order chi connectivity index (χ0) is 10.5. The molecule has 0 atom stereocenters. The van der Waals surface area contributed by atoms with Crippen molar-refractivity contribution in [3.63, 3.8) is 0 Å². The van der Waals surface area contributed by atoms with E-state index in [4.69, 9.17) is 4.74 Å². The zero-order valence-electron chi connectivity index (χ0n) is 8.76. The minimum absolute atomic E-state index is 0.571. The van der Waals surface area contributed by atoms with Gasteiger partial charge in [0, 0.05) is 18.8 Å². The van der Waals surface area contributed by atoms with E-state index in [-0.39, 0.29) is 0 Å². The molecule has 1 heterocycles. The largest absolute Gasteiger partial charge is 0.472 e. The van der Waals surface area contributed by atoms with Crippen molar-refractivity contribution in [2.45, 2.75) is 20.1 Å². The Bertz CT molecular complexity index is 409. The van der Waals surface area contributed by atoms with Crippen LogP contribution in [-0.2, 0) is 13.2 Å². The average Bonchev–Trinajstić information content (AvgIpc) is 2.76. The number of ether oxygens (including phenoxy) is 1. The van der Waals surface area contributed by atoms with Crippen molar-refractivity contribution in [1.82, 2.24) is 9.78 Å². The number of hydrogen-bond donors (Lipinski definition) is 0. The number of benzene rings is 1. The molecule has 0 spiro atoms. The fourth-order valence-electron chi connectivity index (χ4n) is 1.33. The molecule has 2 rings (SSSR count). The fourth-order valence-corrected chi connectivity index (χ4v) is 1.33. The first-order valence-electron chi connectivity index (χ1n) is 5.08. The van der Waals surface area contributed by atoms with Crippen LogP contribution >= 0.6 is 0 Å². The van der Waals surface area contributed by atoms with Gasteiger partial charge in [-0.2, -0.15) is 0 Å². The molecule has 0 fully saturated rings. The summed E-state index contributed by atoms with van der Waals surface area (Å²) in [6.45, 7) is 3.49. The molecule has 78 valence electrons. The number of nitrogens with zero attached hydrogens (tertiary/aromatic N) is 2.